The predicted octanol–water partition coefficient (Wildman–Crippen LogP) is 5.27. The summed E-state index contributed by atoms with van der Waals surface area (Å²) in [5, 5.41) is 0. The Morgan fingerprint density at radius 3 is 2.41 bits per heavy atom. The molecule has 12 heteroatoms. The van der Waals surface area contributed by atoms with Gasteiger partial charge in [0.1, 0.15) is 5.82 Å². The van der Waals surface area contributed by atoms with E-state index in [2.05, 4.69) is 0 Å². The lowest BCUT2D eigenvalue weighted by Gasteiger charge is -2.31. The van der Waals surface area contributed by atoms with Crippen LogP contribution in [0, 0.1) is 5.82 Å². The van der Waals surface area contributed by atoms with E-state index in [9.17, 15) is 26.0 Å². The minimum absolute atomic E-state index is 0.0928. The van der Waals surface area contributed by atoms with Gasteiger partial charge < -0.3 is 4.74 Å². The molecule has 0 aromatic heterocycles. The molecular formula is C25H30F6N2O3S. The number of rotatable bonds is 11. The van der Waals surface area contributed by atoms with Crippen LogP contribution < -0.4 is 0 Å². The highest BCUT2D eigenvalue weighted by molar-refractivity contribution is 7.88. The Morgan fingerprint density at radius 2 is 1.76 bits per heavy atom. The second-order valence-corrected chi connectivity index (χ2v) is 11.2. The van der Waals surface area contributed by atoms with Gasteiger partial charge >= 0.3 is 6.18 Å². The third-order valence-corrected chi connectivity index (χ3v) is 7.40. The largest absolute Gasteiger partial charge is 0.416 e. The minimum atomic E-state index is -4.56. The van der Waals surface area contributed by atoms with Crippen LogP contribution in [0.1, 0.15) is 36.0 Å². The Morgan fingerprint density at radius 1 is 1.05 bits per heavy atom. The molecule has 0 N–H and O–H groups in total. The number of hydrogen-bond donors (Lipinski definition) is 0. The summed E-state index contributed by atoms with van der Waals surface area (Å²) < 4.78 is 113. The Labute approximate surface area is 213 Å². The summed E-state index contributed by atoms with van der Waals surface area (Å²) in [5.41, 5.74) is -1.05. The number of nitrogens with zero attached hydrogens (tertiary/aromatic N) is 2. The van der Waals surface area contributed by atoms with Gasteiger partial charge in [0.25, 0.3) is 5.92 Å². The van der Waals surface area contributed by atoms with Gasteiger partial charge in [-0.05, 0) is 43.0 Å². The Hall–Kier alpha value is -2.15. The summed E-state index contributed by atoms with van der Waals surface area (Å²) in [5.74, 6) is -4.04. The van der Waals surface area contributed by atoms with Crippen molar-refractivity contribution in [3.8, 4) is 0 Å². The molecule has 1 aliphatic heterocycles. The van der Waals surface area contributed by atoms with E-state index in [0.717, 1.165) is 42.7 Å². The molecule has 0 amide bonds. The lowest BCUT2D eigenvalue weighted by Crippen LogP contribution is -2.43. The fourth-order valence-corrected chi connectivity index (χ4v) is 5.16. The SMILES string of the molecule is CS(=O)(=O)N1CCCC(OCCCN(Cc2cccc(C(F)(F)F)c2)CC(F)(F)c2ccc(F)cc2)C1. The minimum Gasteiger partial charge on any atom is -0.377 e. The number of piperidine rings is 1. The van der Waals surface area contributed by atoms with Crippen molar-refractivity contribution in [3.63, 3.8) is 0 Å². The maximum Gasteiger partial charge on any atom is 0.416 e. The van der Waals surface area contributed by atoms with E-state index in [1.54, 1.807) is 0 Å². The Balaban J connectivity index is 1.66. The summed E-state index contributed by atoms with van der Waals surface area (Å²) in [6.07, 6.45) is -2.14. The molecule has 37 heavy (non-hydrogen) atoms. The fourth-order valence-electron chi connectivity index (χ4n) is 4.26. The summed E-state index contributed by atoms with van der Waals surface area (Å²) >= 11 is 0. The predicted molar refractivity (Wildman–Crippen MR) is 127 cm³/mol. The molecule has 1 saturated heterocycles. The van der Waals surface area contributed by atoms with E-state index in [0.29, 0.717) is 25.8 Å². The topological polar surface area (TPSA) is 49.9 Å². The molecule has 3 rings (SSSR count). The number of alkyl halides is 5. The first kappa shape index (κ1) is 29.4. The van der Waals surface area contributed by atoms with E-state index < -0.39 is 45.6 Å². The van der Waals surface area contributed by atoms with Gasteiger partial charge in [-0.3, -0.25) is 4.90 Å². The van der Waals surface area contributed by atoms with Crippen LogP contribution in [-0.2, 0) is 33.4 Å². The molecule has 0 saturated carbocycles. The average Bonchev–Trinajstić information content (AvgIpc) is 2.81. The molecule has 5 nitrogen and oxygen atoms in total. The highest BCUT2D eigenvalue weighted by Gasteiger charge is 2.35. The number of hydrogen-bond acceptors (Lipinski definition) is 4. The molecule has 1 heterocycles. The van der Waals surface area contributed by atoms with Crippen molar-refractivity contribution in [3.05, 3.63) is 71.0 Å². The van der Waals surface area contributed by atoms with Crippen LogP contribution >= 0.6 is 0 Å². The van der Waals surface area contributed by atoms with E-state index >= 15 is 8.78 Å². The molecule has 1 fully saturated rings. The standard InChI is InChI=1S/C25H30F6N2O3S/c1-37(34,35)33-13-3-7-23(17-33)36-14-4-12-32(16-19-5-2-6-21(15-19)25(29,30)31)18-24(27,28)20-8-10-22(26)11-9-20/h2,5-6,8-11,15,23H,3-4,7,12-14,16-18H2,1H3. The van der Waals surface area contributed by atoms with E-state index in [4.69, 9.17) is 4.74 Å². The summed E-state index contributed by atoms with van der Waals surface area (Å²) in [6.45, 7) is -0.0531. The summed E-state index contributed by atoms with van der Waals surface area (Å²) in [4.78, 5) is 1.34. The van der Waals surface area contributed by atoms with Crippen LogP contribution in [-0.4, -0.2) is 62.8 Å². The van der Waals surface area contributed by atoms with Gasteiger partial charge in [-0.25, -0.2) is 12.8 Å². The van der Waals surface area contributed by atoms with Crippen molar-refractivity contribution in [1.82, 2.24) is 9.21 Å². The zero-order valence-corrected chi connectivity index (χ0v) is 21.2. The quantitative estimate of drug-likeness (QED) is 0.282. The molecule has 0 aliphatic carbocycles. The molecule has 1 unspecified atom stereocenters. The summed E-state index contributed by atoms with van der Waals surface area (Å²) in [7, 11) is -3.34. The van der Waals surface area contributed by atoms with Crippen LogP contribution in [0.5, 0.6) is 0 Å². The number of ether oxygens (including phenoxy) is 1. The Kier molecular flexibility index (Phi) is 9.65. The monoisotopic (exact) mass is 552 g/mol. The third-order valence-electron chi connectivity index (χ3n) is 6.13. The second kappa shape index (κ2) is 12.1. The zero-order valence-electron chi connectivity index (χ0n) is 20.4. The van der Waals surface area contributed by atoms with Gasteiger partial charge in [0, 0.05) is 38.3 Å². The van der Waals surface area contributed by atoms with Gasteiger partial charge in [-0.1, -0.05) is 30.3 Å². The highest BCUT2D eigenvalue weighted by Crippen LogP contribution is 2.32. The van der Waals surface area contributed by atoms with E-state index in [-0.39, 0.29) is 37.9 Å². The average molecular weight is 553 g/mol. The van der Waals surface area contributed by atoms with Gasteiger partial charge in [0.2, 0.25) is 10.0 Å². The first-order valence-corrected chi connectivity index (χ1v) is 13.7. The number of halogens is 6. The molecule has 0 bridgehead atoms. The first-order valence-electron chi connectivity index (χ1n) is 11.8. The van der Waals surface area contributed by atoms with Crippen molar-refractivity contribution >= 4 is 10.0 Å². The Bertz CT molecular complexity index is 1130. The smallest absolute Gasteiger partial charge is 0.377 e. The molecule has 0 radical (unpaired) electrons. The number of sulfonamides is 1. The lowest BCUT2D eigenvalue weighted by atomic mass is 10.1. The van der Waals surface area contributed by atoms with Gasteiger partial charge in [-0.15, -0.1) is 0 Å². The van der Waals surface area contributed by atoms with Gasteiger partial charge in [-0.2, -0.15) is 26.3 Å². The molecule has 2 aromatic rings. The highest BCUT2D eigenvalue weighted by atomic mass is 32.2. The molecule has 206 valence electrons. The van der Waals surface area contributed by atoms with Crippen LogP contribution in [0.4, 0.5) is 26.3 Å². The van der Waals surface area contributed by atoms with E-state index in [1.165, 1.54) is 21.3 Å². The van der Waals surface area contributed by atoms with E-state index in [1.807, 2.05) is 0 Å². The second-order valence-electron chi connectivity index (χ2n) is 9.23. The maximum absolute atomic E-state index is 15.0. The van der Waals surface area contributed by atoms with Crippen LogP contribution in [0.25, 0.3) is 0 Å². The first-order chi connectivity index (χ1) is 17.2. The van der Waals surface area contributed by atoms with Crippen LogP contribution in [0.3, 0.4) is 0 Å². The molecule has 2 aromatic carbocycles. The third kappa shape index (κ3) is 8.98. The maximum atomic E-state index is 15.0. The van der Waals surface area contributed by atoms with Crippen LogP contribution in [0.15, 0.2) is 48.5 Å². The zero-order chi connectivity index (χ0) is 27.3. The number of benzene rings is 2. The van der Waals surface area contributed by atoms with Crippen molar-refractivity contribution in [2.45, 2.75) is 44.0 Å². The normalized spacial score (nSPS) is 17.9. The molecular weight excluding hydrogens is 522 g/mol. The fraction of sp³-hybridized carbons (Fsp3) is 0.520. The molecule has 1 aliphatic rings. The van der Waals surface area contributed by atoms with Crippen molar-refractivity contribution in [2.75, 3.05) is 39.0 Å². The van der Waals surface area contributed by atoms with Gasteiger partial charge in [0.05, 0.1) is 24.5 Å². The van der Waals surface area contributed by atoms with Crippen molar-refractivity contribution in [2.24, 2.45) is 0 Å². The van der Waals surface area contributed by atoms with Crippen molar-refractivity contribution in [1.29, 1.82) is 0 Å². The molecule has 0 spiro atoms. The van der Waals surface area contributed by atoms with Crippen LogP contribution in [0.2, 0.25) is 0 Å². The lowest BCUT2D eigenvalue weighted by molar-refractivity contribution is -0.137. The summed E-state index contributed by atoms with van der Waals surface area (Å²) in [6, 6.07) is 8.34. The van der Waals surface area contributed by atoms with Gasteiger partial charge in [0.15, 0.2) is 0 Å². The molecule has 1 atom stereocenters. The van der Waals surface area contributed by atoms with Crippen molar-refractivity contribution < 1.29 is 39.5 Å².